The number of hydrogen-bond acceptors (Lipinski definition) is 1. The summed E-state index contributed by atoms with van der Waals surface area (Å²) in [5.74, 6) is 1.84. The highest BCUT2D eigenvalue weighted by Gasteiger charge is 2.43. The molecule has 0 N–H and O–H groups in total. The quantitative estimate of drug-likeness (QED) is 0.585. The maximum absolute atomic E-state index is 11.8. The topological polar surface area (TPSA) is 22.0 Å². The number of Topliss-reactive ketones (excluding diaryl/α,β-unsaturated/α-hetero) is 1. The highest BCUT2D eigenvalue weighted by molar-refractivity contribution is 6.30. The molecule has 98 valence electrons. The molecule has 0 radical (unpaired) electrons. The van der Waals surface area contributed by atoms with Crippen LogP contribution in [0.15, 0.2) is 6.07 Å². The summed E-state index contributed by atoms with van der Waals surface area (Å²) in [6.07, 6.45) is 5.43. The van der Waals surface area contributed by atoms with E-state index in [9.17, 15) is 4.79 Å². The van der Waals surface area contributed by atoms with Crippen molar-refractivity contribution < 1.29 is 4.79 Å². The van der Waals surface area contributed by atoms with Crippen molar-refractivity contribution in [2.75, 3.05) is 5.88 Å². The van der Waals surface area contributed by atoms with Crippen LogP contribution >= 0.6 is 11.6 Å². The fourth-order valence-corrected chi connectivity index (χ4v) is 3.42. The first-order chi connectivity index (χ1) is 8.63. The summed E-state index contributed by atoms with van der Waals surface area (Å²) in [4.78, 5) is 11.8. The number of alkyl halides is 1. The molecule has 1 aromatic rings. The van der Waals surface area contributed by atoms with Crippen LogP contribution in [-0.4, -0.2) is 16.2 Å². The predicted octanol–water partition coefficient (Wildman–Crippen LogP) is 3.89. The summed E-state index contributed by atoms with van der Waals surface area (Å²) >= 11 is 5.69. The maximum atomic E-state index is 11.8. The smallest absolute Gasteiger partial charge is 0.179 e. The maximum Gasteiger partial charge on any atom is 0.179 e. The normalized spacial score (nSPS) is 19.6. The molecule has 3 heteroatoms. The number of halogens is 1. The third-order valence-electron chi connectivity index (χ3n) is 4.41. The largest absolute Gasteiger partial charge is 0.345 e. The van der Waals surface area contributed by atoms with Gasteiger partial charge in [-0.25, -0.2) is 0 Å². The van der Waals surface area contributed by atoms with E-state index < -0.39 is 0 Å². The molecule has 1 aromatic heterocycles. The first-order valence-electron chi connectivity index (χ1n) is 6.91. The Labute approximate surface area is 113 Å². The van der Waals surface area contributed by atoms with Gasteiger partial charge in [-0.3, -0.25) is 4.79 Å². The van der Waals surface area contributed by atoms with E-state index in [4.69, 9.17) is 11.6 Å². The van der Waals surface area contributed by atoms with Crippen LogP contribution in [0.3, 0.4) is 0 Å². The van der Waals surface area contributed by atoms with Crippen LogP contribution in [0.2, 0.25) is 0 Å². The van der Waals surface area contributed by atoms with Gasteiger partial charge in [-0.1, -0.05) is 0 Å². The lowest BCUT2D eigenvalue weighted by Crippen LogP contribution is -2.17. The highest BCUT2D eigenvalue weighted by atomic mass is 35.5. The Bertz CT molecular complexity index is 471. The van der Waals surface area contributed by atoms with Gasteiger partial charge in [0.2, 0.25) is 0 Å². The van der Waals surface area contributed by atoms with Crippen molar-refractivity contribution in [3.63, 3.8) is 0 Å². The van der Waals surface area contributed by atoms with Gasteiger partial charge in [0.05, 0.1) is 5.88 Å². The third kappa shape index (κ3) is 2.01. The van der Waals surface area contributed by atoms with Crippen molar-refractivity contribution >= 4 is 17.4 Å². The Morgan fingerprint density at radius 1 is 1.33 bits per heavy atom. The minimum Gasteiger partial charge on any atom is -0.345 e. The Morgan fingerprint density at radius 3 is 2.33 bits per heavy atom. The lowest BCUT2D eigenvalue weighted by Gasteiger charge is -2.22. The zero-order valence-corrected chi connectivity index (χ0v) is 11.8. The van der Waals surface area contributed by atoms with Gasteiger partial charge in [0.1, 0.15) is 0 Å². The van der Waals surface area contributed by atoms with E-state index in [-0.39, 0.29) is 11.7 Å². The zero-order chi connectivity index (χ0) is 12.9. The molecule has 0 amide bonds. The molecule has 0 aliphatic heterocycles. The molecule has 2 aliphatic carbocycles. The molecule has 0 unspecified atom stereocenters. The summed E-state index contributed by atoms with van der Waals surface area (Å²) < 4.78 is 2.43. The second-order valence-corrected chi connectivity index (χ2v) is 6.14. The van der Waals surface area contributed by atoms with Crippen LogP contribution in [0.5, 0.6) is 0 Å². The molecule has 18 heavy (non-hydrogen) atoms. The van der Waals surface area contributed by atoms with E-state index in [1.165, 1.54) is 31.4 Å². The fourth-order valence-electron chi connectivity index (χ4n) is 3.27. The monoisotopic (exact) mass is 265 g/mol. The van der Waals surface area contributed by atoms with Crippen LogP contribution in [0.4, 0.5) is 0 Å². The Kier molecular flexibility index (Phi) is 3.01. The van der Waals surface area contributed by atoms with E-state index in [2.05, 4.69) is 18.4 Å². The van der Waals surface area contributed by atoms with Gasteiger partial charge >= 0.3 is 0 Å². The summed E-state index contributed by atoms with van der Waals surface area (Å²) in [5.41, 5.74) is 3.18. The number of rotatable bonds is 5. The van der Waals surface area contributed by atoms with Crippen molar-refractivity contribution in [3.8, 4) is 0 Å². The molecule has 2 fully saturated rings. The minimum atomic E-state index is 0.0568. The van der Waals surface area contributed by atoms with Gasteiger partial charge in [0, 0.05) is 23.0 Å². The molecule has 0 aromatic carbocycles. The second kappa shape index (κ2) is 4.41. The average Bonchev–Trinajstić information content (AvgIpc) is 3.24. The number of aryl methyl sites for hydroxylation is 1. The van der Waals surface area contributed by atoms with Gasteiger partial charge in [-0.05, 0) is 57.4 Å². The lowest BCUT2D eigenvalue weighted by molar-refractivity contribution is 0.102. The van der Waals surface area contributed by atoms with E-state index in [1.54, 1.807) is 0 Å². The van der Waals surface area contributed by atoms with Crippen LogP contribution in [-0.2, 0) is 0 Å². The van der Waals surface area contributed by atoms with Gasteiger partial charge < -0.3 is 4.57 Å². The van der Waals surface area contributed by atoms with Gasteiger partial charge in [0.25, 0.3) is 0 Å². The summed E-state index contributed by atoms with van der Waals surface area (Å²) in [7, 11) is 0. The highest BCUT2D eigenvalue weighted by Crippen LogP contribution is 2.53. The molecular formula is C15H20ClNO. The van der Waals surface area contributed by atoms with Gasteiger partial charge in [-0.2, -0.15) is 0 Å². The molecular weight excluding hydrogens is 246 g/mol. The van der Waals surface area contributed by atoms with Crippen LogP contribution in [0, 0.1) is 25.7 Å². The first-order valence-corrected chi connectivity index (χ1v) is 7.44. The Balaban J connectivity index is 1.99. The molecule has 3 rings (SSSR count). The molecule has 0 bridgehead atoms. The van der Waals surface area contributed by atoms with Crippen LogP contribution < -0.4 is 0 Å². The predicted molar refractivity (Wildman–Crippen MR) is 73.4 cm³/mol. The Morgan fingerprint density at radius 2 is 1.89 bits per heavy atom. The standard InChI is InChI=1S/C15H20ClNO/c1-9-7-13(14(18)8-16)10(2)17(9)15(11-3-4-11)12-5-6-12/h7,11-12,15H,3-6,8H2,1-2H3. The first kappa shape index (κ1) is 12.3. The minimum absolute atomic E-state index is 0.0568. The summed E-state index contributed by atoms with van der Waals surface area (Å²) in [5, 5.41) is 0. The van der Waals surface area contributed by atoms with Crippen LogP contribution in [0.1, 0.15) is 53.5 Å². The average molecular weight is 266 g/mol. The molecule has 0 saturated heterocycles. The Hall–Kier alpha value is -0.760. The number of carbonyl (C=O) groups is 1. The van der Waals surface area contributed by atoms with E-state index in [0.717, 1.165) is 23.1 Å². The molecule has 1 heterocycles. The van der Waals surface area contributed by atoms with Crippen molar-refractivity contribution in [2.24, 2.45) is 11.8 Å². The van der Waals surface area contributed by atoms with E-state index in [1.807, 2.05) is 6.07 Å². The summed E-state index contributed by atoms with van der Waals surface area (Å²) in [6, 6.07) is 2.67. The van der Waals surface area contributed by atoms with E-state index in [0.29, 0.717) is 6.04 Å². The number of carbonyl (C=O) groups excluding carboxylic acids is 1. The molecule has 2 saturated carbocycles. The van der Waals surface area contributed by atoms with Crippen molar-refractivity contribution in [1.82, 2.24) is 4.57 Å². The van der Waals surface area contributed by atoms with E-state index >= 15 is 0 Å². The molecule has 2 nitrogen and oxygen atoms in total. The molecule has 0 atom stereocenters. The zero-order valence-electron chi connectivity index (χ0n) is 11.1. The lowest BCUT2D eigenvalue weighted by atomic mass is 10.1. The fraction of sp³-hybridized carbons (Fsp3) is 0.667. The third-order valence-corrected chi connectivity index (χ3v) is 4.66. The SMILES string of the molecule is Cc1cc(C(=O)CCl)c(C)n1C(C1CC1)C1CC1. The van der Waals surface area contributed by atoms with Crippen molar-refractivity contribution in [3.05, 3.63) is 23.0 Å². The molecule has 2 aliphatic rings. The number of nitrogens with zero attached hydrogens (tertiary/aromatic N) is 1. The number of aromatic nitrogens is 1. The second-order valence-electron chi connectivity index (χ2n) is 5.88. The number of hydrogen-bond donors (Lipinski definition) is 0. The number of ketones is 1. The van der Waals surface area contributed by atoms with Gasteiger partial charge in [0.15, 0.2) is 5.78 Å². The van der Waals surface area contributed by atoms with Crippen molar-refractivity contribution in [2.45, 2.75) is 45.6 Å². The van der Waals surface area contributed by atoms with Crippen molar-refractivity contribution in [1.29, 1.82) is 0 Å². The van der Waals surface area contributed by atoms with Gasteiger partial charge in [-0.15, -0.1) is 11.6 Å². The molecule has 0 spiro atoms. The van der Waals surface area contributed by atoms with Crippen LogP contribution in [0.25, 0.3) is 0 Å². The summed E-state index contributed by atoms with van der Waals surface area (Å²) in [6.45, 7) is 4.19.